The summed E-state index contributed by atoms with van der Waals surface area (Å²) in [6.07, 6.45) is 5.24. The Morgan fingerprint density at radius 2 is 1.61 bits per heavy atom. The molecule has 3 unspecified atom stereocenters. The van der Waals surface area contributed by atoms with Crippen molar-refractivity contribution in [3.05, 3.63) is 0 Å². The van der Waals surface area contributed by atoms with E-state index in [9.17, 15) is 28.8 Å². The molecule has 5 atom stereocenters. The molecule has 1 aliphatic heterocycles. The molecule has 13 nitrogen and oxygen atoms in total. The van der Waals surface area contributed by atoms with E-state index in [0.29, 0.717) is 31.8 Å². The van der Waals surface area contributed by atoms with Gasteiger partial charge in [0.25, 0.3) is 5.91 Å². The summed E-state index contributed by atoms with van der Waals surface area (Å²) in [6.45, 7) is 12.0. The third-order valence-electron chi connectivity index (χ3n) is 8.90. The summed E-state index contributed by atoms with van der Waals surface area (Å²) in [5.74, 6) is -2.22. The van der Waals surface area contributed by atoms with E-state index in [-0.39, 0.29) is 24.4 Å². The number of alkyl carbamates (subject to hydrolysis) is 1. The maximum atomic E-state index is 14.0. The predicted octanol–water partition coefficient (Wildman–Crippen LogP) is 1.83. The van der Waals surface area contributed by atoms with E-state index in [1.807, 2.05) is 41.5 Å². The summed E-state index contributed by atoms with van der Waals surface area (Å²) in [7, 11) is 0. The van der Waals surface area contributed by atoms with Crippen LogP contribution in [0.25, 0.3) is 0 Å². The molecule has 0 aromatic heterocycles. The van der Waals surface area contributed by atoms with Gasteiger partial charge in [0.2, 0.25) is 17.6 Å². The monoisotopic (exact) mass is 620 g/mol. The van der Waals surface area contributed by atoms with Crippen LogP contribution < -0.4 is 27.0 Å². The Bertz CT molecular complexity index is 1080. The van der Waals surface area contributed by atoms with Crippen molar-refractivity contribution in [1.29, 1.82) is 0 Å². The van der Waals surface area contributed by atoms with E-state index in [1.165, 1.54) is 4.90 Å². The molecule has 13 heteroatoms. The van der Waals surface area contributed by atoms with Gasteiger partial charge in [0.1, 0.15) is 18.7 Å². The highest BCUT2D eigenvalue weighted by atomic mass is 16.5. The van der Waals surface area contributed by atoms with Gasteiger partial charge >= 0.3 is 12.1 Å². The third-order valence-corrected chi connectivity index (χ3v) is 8.90. The number of nitrogens with two attached hydrogens (primary N) is 1. The topological polar surface area (TPSA) is 189 Å². The Labute approximate surface area is 260 Å². The van der Waals surface area contributed by atoms with Crippen molar-refractivity contribution in [1.82, 2.24) is 26.2 Å². The van der Waals surface area contributed by atoms with Crippen LogP contribution in [0.1, 0.15) is 86.5 Å². The zero-order valence-corrected chi connectivity index (χ0v) is 27.1. The second-order valence-electron chi connectivity index (χ2n) is 14.4. The maximum Gasteiger partial charge on any atom is 0.407 e. The molecule has 6 N–H and O–H groups in total. The van der Waals surface area contributed by atoms with E-state index in [0.717, 1.165) is 32.1 Å². The Morgan fingerprint density at radius 1 is 0.955 bits per heavy atom. The molecule has 6 amide bonds. The van der Waals surface area contributed by atoms with Crippen molar-refractivity contribution in [2.24, 2.45) is 34.8 Å². The number of ether oxygens (including phenoxy) is 1. The molecule has 0 radical (unpaired) electrons. The standard InChI is InChI=1S/C31H52N6O7/c1-17(2)22(16-44-30(43)33-14-20-10-11-20)35-29(42)36-25(31(4,5)6)28(41)37-15-18(3)12-23(37)27(40)34-21(24(38)26(32)39)13-19-8-7-9-19/h17-23,25H,7-16H2,1-6H3,(H2,32,39)(H,33,43)(H,34,40)(H2,35,36,42)/t18-,21?,22-,23?,25?/m1/s1. The molecule has 3 fully saturated rings. The van der Waals surface area contributed by atoms with Crippen LogP contribution in [-0.4, -0.2) is 84.4 Å². The van der Waals surface area contributed by atoms with Crippen LogP contribution in [0.2, 0.25) is 0 Å². The fourth-order valence-electron chi connectivity index (χ4n) is 5.59. The van der Waals surface area contributed by atoms with E-state index >= 15 is 0 Å². The van der Waals surface area contributed by atoms with Crippen LogP contribution >= 0.6 is 0 Å². The average Bonchev–Trinajstić information content (AvgIpc) is 3.66. The Morgan fingerprint density at radius 3 is 2.14 bits per heavy atom. The Hall–Kier alpha value is -3.38. The lowest BCUT2D eigenvalue weighted by atomic mass is 9.80. The van der Waals surface area contributed by atoms with E-state index in [1.54, 1.807) is 0 Å². The summed E-state index contributed by atoms with van der Waals surface area (Å²) in [5, 5.41) is 11.1. The first kappa shape index (κ1) is 35.1. The maximum absolute atomic E-state index is 14.0. The fraction of sp³-hybridized carbons (Fsp3) is 0.806. The molecule has 1 saturated heterocycles. The molecule has 1 heterocycles. The molecule has 3 aliphatic rings. The second kappa shape index (κ2) is 15.1. The number of hydrogen-bond donors (Lipinski definition) is 5. The summed E-state index contributed by atoms with van der Waals surface area (Å²) >= 11 is 0. The predicted molar refractivity (Wildman–Crippen MR) is 163 cm³/mol. The van der Waals surface area contributed by atoms with Gasteiger partial charge in [-0.25, -0.2) is 9.59 Å². The molecule has 2 aliphatic carbocycles. The van der Waals surface area contributed by atoms with Gasteiger partial charge in [-0.3, -0.25) is 19.2 Å². The van der Waals surface area contributed by atoms with Crippen LogP contribution in [0.15, 0.2) is 0 Å². The largest absolute Gasteiger partial charge is 0.447 e. The van der Waals surface area contributed by atoms with Gasteiger partial charge in [0.05, 0.1) is 12.1 Å². The molecule has 0 spiro atoms. The third kappa shape index (κ3) is 10.1. The van der Waals surface area contributed by atoms with Gasteiger partial charge in [-0.15, -0.1) is 0 Å². The number of likely N-dealkylation sites (tertiary alicyclic amines) is 1. The number of ketones is 1. The SMILES string of the molecule is CC(C)[C@@H](COC(=O)NCC1CC1)NC(=O)NC(C(=O)N1C[C@H](C)CC1C(=O)NC(CC1CCC1)C(=O)C(N)=O)C(C)(C)C. The zero-order valence-electron chi connectivity index (χ0n) is 27.1. The van der Waals surface area contributed by atoms with Gasteiger partial charge in [0.15, 0.2) is 0 Å². The molecule has 44 heavy (non-hydrogen) atoms. The van der Waals surface area contributed by atoms with E-state index in [4.69, 9.17) is 10.5 Å². The normalized spacial score (nSPS) is 22.3. The van der Waals surface area contributed by atoms with Crippen LogP contribution in [0.3, 0.4) is 0 Å². The summed E-state index contributed by atoms with van der Waals surface area (Å²) in [6, 6.07) is -4.00. The summed E-state index contributed by atoms with van der Waals surface area (Å²) in [5.41, 5.74) is 4.55. The number of rotatable bonds is 14. The number of hydrogen-bond acceptors (Lipinski definition) is 7. The van der Waals surface area contributed by atoms with Crippen LogP contribution in [0.4, 0.5) is 9.59 Å². The van der Waals surface area contributed by atoms with Crippen LogP contribution in [0, 0.1) is 29.1 Å². The van der Waals surface area contributed by atoms with Crippen molar-refractivity contribution < 1.29 is 33.5 Å². The first-order chi connectivity index (χ1) is 20.6. The molecular weight excluding hydrogens is 568 g/mol. The molecule has 2 saturated carbocycles. The summed E-state index contributed by atoms with van der Waals surface area (Å²) in [4.78, 5) is 78.4. The van der Waals surface area contributed by atoms with E-state index in [2.05, 4.69) is 21.3 Å². The lowest BCUT2D eigenvalue weighted by molar-refractivity contribution is -0.143. The Balaban J connectivity index is 1.66. The van der Waals surface area contributed by atoms with Crippen molar-refractivity contribution in [3.8, 4) is 0 Å². The number of nitrogens with zero attached hydrogens (tertiary/aromatic N) is 1. The zero-order chi connectivity index (χ0) is 32.8. The highest BCUT2D eigenvalue weighted by Crippen LogP contribution is 2.32. The fourth-order valence-corrected chi connectivity index (χ4v) is 5.59. The number of amides is 6. The van der Waals surface area contributed by atoms with E-state index < -0.39 is 65.2 Å². The summed E-state index contributed by atoms with van der Waals surface area (Å²) < 4.78 is 5.33. The lowest BCUT2D eigenvalue weighted by Gasteiger charge is -2.36. The number of nitrogens with one attached hydrogen (secondary N) is 4. The number of primary amides is 1. The van der Waals surface area contributed by atoms with Gasteiger partial charge < -0.3 is 36.6 Å². The smallest absolute Gasteiger partial charge is 0.407 e. The number of Topliss-reactive ketones (excluding diaryl/α,β-unsaturated/α-hetero) is 1. The average molecular weight is 621 g/mol. The lowest BCUT2D eigenvalue weighted by Crippen LogP contribution is -2.61. The van der Waals surface area contributed by atoms with Gasteiger partial charge in [0, 0.05) is 13.1 Å². The number of carbonyl (C=O) groups is 6. The van der Waals surface area contributed by atoms with Gasteiger partial charge in [-0.05, 0) is 54.8 Å². The number of urea groups is 1. The van der Waals surface area contributed by atoms with Gasteiger partial charge in [-0.1, -0.05) is 60.8 Å². The highest BCUT2D eigenvalue weighted by molar-refractivity contribution is 6.37. The number of carbonyl (C=O) groups excluding carboxylic acids is 6. The van der Waals surface area contributed by atoms with Crippen molar-refractivity contribution in [2.75, 3.05) is 19.7 Å². The molecule has 0 bridgehead atoms. The molecular formula is C31H52N6O7. The Kier molecular flexibility index (Phi) is 12.0. The highest BCUT2D eigenvalue weighted by Gasteiger charge is 2.45. The minimum atomic E-state index is -1.10. The molecule has 248 valence electrons. The first-order valence-corrected chi connectivity index (χ1v) is 16.0. The van der Waals surface area contributed by atoms with Crippen molar-refractivity contribution in [3.63, 3.8) is 0 Å². The molecule has 0 aromatic carbocycles. The second-order valence-corrected chi connectivity index (χ2v) is 14.4. The molecule has 0 aromatic rings. The van der Waals surface area contributed by atoms with Crippen molar-refractivity contribution in [2.45, 2.75) is 111 Å². The van der Waals surface area contributed by atoms with Crippen molar-refractivity contribution >= 4 is 35.6 Å². The van der Waals surface area contributed by atoms with Crippen LogP contribution in [-0.2, 0) is 23.9 Å². The minimum absolute atomic E-state index is 0.00500. The van der Waals surface area contributed by atoms with Gasteiger partial charge in [-0.2, -0.15) is 0 Å². The molecule has 3 rings (SSSR count). The first-order valence-electron chi connectivity index (χ1n) is 16.0. The minimum Gasteiger partial charge on any atom is -0.447 e. The quantitative estimate of drug-likeness (QED) is 0.183. The van der Waals surface area contributed by atoms with Crippen LogP contribution in [0.5, 0.6) is 0 Å².